The summed E-state index contributed by atoms with van der Waals surface area (Å²) in [6, 6.07) is 8.58. The minimum Gasteiger partial charge on any atom is -0.756 e. The lowest BCUT2D eigenvalue weighted by Gasteiger charge is -2.33. The Bertz CT molecular complexity index is 3460. The summed E-state index contributed by atoms with van der Waals surface area (Å²) in [5.41, 5.74) is -1.80. The largest absolute Gasteiger partial charge is 0.756 e. The van der Waals surface area contributed by atoms with Crippen molar-refractivity contribution in [2.45, 2.75) is 116 Å². The number of methoxy groups -OCH3 is 3. The van der Waals surface area contributed by atoms with Gasteiger partial charge in [0.1, 0.15) is 48.8 Å². The van der Waals surface area contributed by atoms with Crippen LogP contribution in [0.4, 0.5) is 0 Å². The molecule has 12 atom stereocenters. The molecule has 3 aliphatic rings. The van der Waals surface area contributed by atoms with Crippen molar-refractivity contribution in [1.29, 1.82) is 0 Å². The maximum absolute atomic E-state index is 12.0. The molecule has 5 aromatic rings. The standard InChI is InChI=1S/C13H12O3.C12H18N2O4.C11H19N2O14P3.C11H16N2O5/c1-2-3-8-15-11-6-4-10-5-7-13(14)16-12(10)9-11;1-4-8-9(17-3)5-10(18-8)14-6-7(2)11(15)13-12(14)16;1-6-4-13(11(15)12-10(6)14)9-3-7(23-2)8(25-9)5-24-29(19,20)27-30(21,22)26-28(16,17)18;1-6-4-13(11(16)12-10(6)15)9-3-7(17-2)8(5-14)18-9/h2-7,9H,8H2,1H3;6,8-10H,4-5H2,1-3H3,(H,13,15,16);4,7-9H,3,5H2,1-2H3,(H,19,20)(H,21,22)(H,12,14,15)(H2,16,17,18);4,7-9,14H,3,5H2,1-2H3,(H,12,15,16)/p-3/b3-2+;;;/t;8-,9?,10-;2*7?,8-,9-/m.111/s1. The third-order valence-corrected chi connectivity index (χ3v) is 16.1. The van der Waals surface area contributed by atoms with Crippen LogP contribution in [-0.2, 0) is 55.3 Å². The van der Waals surface area contributed by atoms with Gasteiger partial charge in [0.2, 0.25) is 0 Å². The molecule has 0 aliphatic carbocycles. The first-order chi connectivity index (χ1) is 38.5. The van der Waals surface area contributed by atoms with E-state index < -0.39 is 89.0 Å². The quantitative estimate of drug-likeness (QED) is 0.0439. The number of ether oxygens (including phenoxy) is 7. The SMILES string of the molecule is C/C=C/COc1ccc2ccc(=O)oc2c1.CC[C@H]1O[C@@H](n2cc(C)c(=O)[nH]c2=O)CC1OC.COC1C[C@H](n2cc(C)c(=O)[nH]c2=O)O[C@@H]1CO.COC1C[C@H](n2cc(C)c(=O)[nH]c2=O)O[C@@H]1COP(=O)([O-])OP(=O)([O-])OP(=O)([O-])O. The highest BCUT2D eigenvalue weighted by Crippen LogP contribution is 2.61. The molecule has 5 N–H and O–H groups in total. The fraction of sp³-hybridized carbons (Fsp3) is 0.511. The van der Waals surface area contributed by atoms with Crippen LogP contribution < -0.4 is 58.8 Å². The number of benzene rings is 1. The van der Waals surface area contributed by atoms with Crippen molar-refractivity contribution < 1.29 is 89.1 Å². The number of hydrogen-bond donors (Lipinski definition) is 5. The second-order valence-electron chi connectivity index (χ2n) is 18.1. The van der Waals surface area contributed by atoms with Gasteiger partial charge in [-0.25, -0.2) is 27.8 Å². The molecule has 4 aromatic heterocycles. The van der Waals surface area contributed by atoms with Crippen LogP contribution in [0.1, 0.15) is 74.9 Å². The van der Waals surface area contributed by atoms with Gasteiger partial charge in [0, 0.05) is 93.4 Å². The number of aromatic nitrogens is 6. The molecule has 0 spiro atoms. The van der Waals surface area contributed by atoms with Crippen LogP contribution in [0.25, 0.3) is 11.0 Å². The minimum atomic E-state index is -6.02. The highest BCUT2D eigenvalue weighted by Gasteiger charge is 2.40. The van der Waals surface area contributed by atoms with Gasteiger partial charge in [-0.2, -0.15) is 0 Å². The Hall–Kier alpha value is -5.86. The summed E-state index contributed by atoms with van der Waals surface area (Å²) >= 11 is 0. The van der Waals surface area contributed by atoms with Crippen molar-refractivity contribution >= 4 is 34.4 Å². The Balaban J connectivity index is 0.000000207. The van der Waals surface area contributed by atoms with Gasteiger partial charge in [-0.15, -0.1) is 0 Å². The maximum Gasteiger partial charge on any atom is 0.336 e. The molecule has 454 valence electrons. The molecule has 8 rings (SSSR count). The van der Waals surface area contributed by atoms with Crippen LogP contribution in [-0.4, -0.2) is 116 Å². The summed E-state index contributed by atoms with van der Waals surface area (Å²) in [7, 11) is -13.1. The number of aliphatic hydroxyl groups excluding tert-OH is 1. The number of aromatic amines is 3. The van der Waals surface area contributed by atoms with E-state index >= 15 is 0 Å². The van der Waals surface area contributed by atoms with E-state index in [0.717, 1.165) is 16.4 Å². The molecule has 82 heavy (non-hydrogen) atoms. The van der Waals surface area contributed by atoms with E-state index in [4.69, 9.17) is 47.6 Å². The highest BCUT2D eigenvalue weighted by atomic mass is 31.3. The molecule has 35 heteroatoms. The van der Waals surface area contributed by atoms with Crippen LogP contribution >= 0.6 is 23.5 Å². The summed E-state index contributed by atoms with van der Waals surface area (Å²) < 4.78 is 91.0. The zero-order valence-corrected chi connectivity index (χ0v) is 48.0. The van der Waals surface area contributed by atoms with Gasteiger partial charge >= 0.3 is 22.7 Å². The van der Waals surface area contributed by atoms with Crippen LogP contribution in [0.3, 0.4) is 0 Å². The zero-order chi connectivity index (χ0) is 60.9. The fourth-order valence-corrected chi connectivity index (χ4v) is 11.2. The molecule has 7 heterocycles. The summed E-state index contributed by atoms with van der Waals surface area (Å²) in [5.74, 6) is 0.694. The molecule has 3 fully saturated rings. The first-order valence-corrected chi connectivity index (χ1v) is 29.1. The summed E-state index contributed by atoms with van der Waals surface area (Å²) in [6.45, 7) is 8.16. The van der Waals surface area contributed by atoms with Crippen molar-refractivity contribution in [3.8, 4) is 5.75 Å². The number of phosphoric ester groups is 1. The van der Waals surface area contributed by atoms with Crippen molar-refractivity contribution in [2.24, 2.45) is 0 Å². The first-order valence-electron chi connectivity index (χ1n) is 24.7. The number of H-pyrrole nitrogens is 3. The number of nitrogens with one attached hydrogen (secondary N) is 3. The van der Waals surface area contributed by atoms with E-state index in [1.165, 1.54) is 54.9 Å². The number of aryl methyl sites for hydroxylation is 3. The predicted molar refractivity (Wildman–Crippen MR) is 279 cm³/mol. The molecule has 0 amide bonds. The molecule has 32 nitrogen and oxygen atoms in total. The lowest BCUT2D eigenvalue weighted by molar-refractivity contribution is -0.250. The Labute approximate surface area is 464 Å². The molecule has 3 aliphatic heterocycles. The van der Waals surface area contributed by atoms with Crippen LogP contribution in [0.15, 0.2) is 99.1 Å². The Morgan fingerprint density at radius 2 is 1.10 bits per heavy atom. The third kappa shape index (κ3) is 18.8. The van der Waals surface area contributed by atoms with E-state index in [1.54, 1.807) is 33.1 Å². The second kappa shape index (κ2) is 29.6. The average molecular weight is 1220 g/mol. The van der Waals surface area contributed by atoms with E-state index in [9.17, 15) is 61.9 Å². The van der Waals surface area contributed by atoms with Gasteiger partial charge < -0.3 is 66.8 Å². The molecule has 3 saturated heterocycles. The van der Waals surface area contributed by atoms with Gasteiger partial charge in [0.25, 0.3) is 40.1 Å². The minimum absolute atomic E-state index is 0.0147. The number of hydrogen-bond acceptors (Lipinski definition) is 25. The molecular formula is C47H62N6O26P3-3. The molecule has 0 radical (unpaired) electrons. The van der Waals surface area contributed by atoms with Gasteiger partial charge in [-0.3, -0.25) is 56.7 Å². The van der Waals surface area contributed by atoms with Gasteiger partial charge in [0.05, 0.1) is 37.6 Å². The smallest absolute Gasteiger partial charge is 0.336 e. The monoisotopic (exact) mass is 1220 g/mol. The number of phosphoric acid groups is 3. The van der Waals surface area contributed by atoms with E-state index in [0.29, 0.717) is 41.9 Å². The molecule has 6 unspecified atom stereocenters. The number of allylic oxidation sites excluding steroid dienone is 1. The van der Waals surface area contributed by atoms with Crippen molar-refractivity contribution in [2.75, 3.05) is 41.2 Å². The summed E-state index contributed by atoms with van der Waals surface area (Å²) in [4.78, 5) is 129. The van der Waals surface area contributed by atoms with Crippen LogP contribution in [0, 0.1) is 20.8 Å². The Kier molecular flexibility index (Phi) is 24.2. The fourth-order valence-electron chi connectivity index (χ4n) is 8.26. The topological polar surface area (TPSA) is 448 Å². The summed E-state index contributed by atoms with van der Waals surface area (Å²) in [5, 5.41) is 10.0. The molecule has 1 aromatic carbocycles. The van der Waals surface area contributed by atoms with Crippen LogP contribution in [0.5, 0.6) is 5.75 Å². The lowest BCUT2D eigenvalue weighted by atomic mass is 10.1. The zero-order valence-electron chi connectivity index (χ0n) is 45.3. The molecule has 0 saturated carbocycles. The highest BCUT2D eigenvalue weighted by molar-refractivity contribution is 7.65. The van der Waals surface area contributed by atoms with E-state index in [2.05, 4.69) is 28.1 Å². The molecular weight excluding hydrogens is 1160 g/mol. The third-order valence-electron chi connectivity index (χ3n) is 12.4. The normalized spacial score (nSPS) is 24.5. The molecule has 0 bridgehead atoms. The van der Waals surface area contributed by atoms with E-state index in [1.807, 2.05) is 38.1 Å². The Morgan fingerprint density at radius 1 is 0.659 bits per heavy atom. The predicted octanol–water partition coefficient (Wildman–Crippen LogP) is 0.0401. The number of aliphatic hydroxyl groups is 1. The first kappa shape index (κ1) is 66.9. The number of nitrogens with zero attached hydrogens (tertiary/aromatic N) is 3. The average Bonchev–Trinajstić information content (AvgIpc) is 4.18. The van der Waals surface area contributed by atoms with Crippen LogP contribution in [0.2, 0.25) is 0 Å². The summed E-state index contributed by atoms with van der Waals surface area (Å²) in [6.07, 6.45) is 5.38. The second-order valence-corrected chi connectivity index (χ2v) is 22.4. The van der Waals surface area contributed by atoms with Crippen molar-refractivity contribution in [1.82, 2.24) is 28.7 Å². The van der Waals surface area contributed by atoms with Gasteiger partial charge in [-0.05, 0) is 52.3 Å². The van der Waals surface area contributed by atoms with E-state index in [-0.39, 0.29) is 54.3 Å². The van der Waals surface area contributed by atoms with Gasteiger partial charge in [0.15, 0.2) is 0 Å². The van der Waals surface area contributed by atoms with Crippen molar-refractivity contribution in [3.63, 3.8) is 0 Å². The Morgan fingerprint density at radius 3 is 1.51 bits per heavy atom. The lowest BCUT2D eigenvalue weighted by Crippen LogP contribution is -2.33. The maximum atomic E-state index is 12.0. The number of rotatable bonds is 18. The number of fused-ring (bicyclic) bond motifs is 1. The van der Waals surface area contributed by atoms with Crippen molar-refractivity contribution in [3.05, 3.63) is 151 Å². The van der Waals surface area contributed by atoms with Gasteiger partial charge in [-0.1, -0.05) is 19.1 Å².